The van der Waals surface area contributed by atoms with E-state index in [0.29, 0.717) is 19.2 Å². The van der Waals surface area contributed by atoms with Gasteiger partial charge in [-0.3, -0.25) is 0 Å². The average molecular weight is 260 g/mol. The average Bonchev–Trinajstić information content (AvgIpc) is 2.56. The fourth-order valence-electron chi connectivity index (χ4n) is 1.23. The van der Waals surface area contributed by atoms with Crippen LogP contribution < -0.4 is 5.32 Å². The third-order valence-corrected chi connectivity index (χ3v) is 2.39. The highest BCUT2D eigenvalue weighted by Gasteiger charge is 2.26. The zero-order valence-corrected chi connectivity index (χ0v) is 8.94. The van der Waals surface area contributed by atoms with Crippen LogP contribution >= 0.6 is 15.9 Å². The van der Waals surface area contributed by atoms with Gasteiger partial charge in [-0.2, -0.15) is 0 Å². The van der Waals surface area contributed by atoms with Crippen LogP contribution in [0.25, 0.3) is 0 Å². The van der Waals surface area contributed by atoms with E-state index in [9.17, 15) is 5.11 Å². The van der Waals surface area contributed by atoms with E-state index in [4.69, 9.17) is 4.74 Å². The molecule has 76 valence electrons. The summed E-state index contributed by atoms with van der Waals surface area (Å²) in [5, 5.41) is 12.5. The predicted octanol–water partition coefficient (Wildman–Crippen LogP) is 0.411. The largest absolute Gasteiger partial charge is 0.388 e. The number of nitrogens with zero attached hydrogens (tertiary/aromatic N) is 2. The Morgan fingerprint density at radius 3 is 2.71 bits per heavy atom. The van der Waals surface area contributed by atoms with E-state index in [1.165, 1.54) is 0 Å². The molecule has 1 saturated heterocycles. The van der Waals surface area contributed by atoms with Gasteiger partial charge in [0, 0.05) is 12.4 Å². The van der Waals surface area contributed by atoms with Crippen LogP contribution in [-0.4, -0.2) is 40.4 Å². The molecule has 0 aromatic carbocycles. The maximum Gasteiger partial charge on any atom is 0.223 e. The van der Waals surface area contributed by atoms with E-state index in [2.05, 4.69) is 31.2 Å². The standard InChI is InChI=1S/C8H10BrN3O2/c9-5-1-10-8(11-2-5)12-6-3-14-4-7(6)13/h1-2,6-7,13H,3-4H2,(H,10,11,12)/t6-,7-/m1/s1. The van der Waals surface area contributed by atoms with Gasteiger partial charge in [-0.25, -0.2) is 9.97 Å². The molecule has 1 aliphatic heterocycles. The number of nitrogens with one attached hydrogen (secondary N) is 1. The van der Waals surface area contributed by atoms with Crippen molar-refractivity contribution in [2.75, 3.05) is 18.5 Å². The first kappa shape index (κ1) is 9.82. The monoisotopic (exact) mass is 259 g/mol. The van der Waals surface area contributed by atoms with Crippen molar-refractivity contribution in [1.29, 1.82) is 0 Å². The third kappa shape index (κ3) is 2.20. The van der Waals surface area contributed by atoms with Gasteiger partial charge in [-0.1, -0.05) is 0 Å². The zero-order valence-electron chi connectivity index (χ0n) is 7.35. The van der Waals surface area contributed by atoms with E-state index in [-0.39, 0.29) is 6.04 Å². The molecule has 1 fully saturated rings. The van der Waals surface area contributed by atoms with Crippen LogP contribution in [0, 0.1) is 0 Å². The molecule has 1 aliphatic rings. The number of hydrogen-bond donors (Lipinski definition) is 2. The number of aliphatic hydroxyl groups is 1. The first-order valence-corrected chi connectivity index (χ1v) is 5.05. The maximum atomic E-state index is 9.45. The number of aromatic nitrogens is 2. The minimum absolute atomic E-state index is 0.115. The second kappa shape index (κ2) is 4.20. The molecule has 1 aromatic rings. The van der Waals surface area contributed by atoms with Gasteiger partial charge in [0.05, 0.1) is 29.8 Å². The lowest BCUT2D eigenvalue weighted by Crippen LogP contribution is -2.32. The van der Waals surface area contributed by atoms with E-state index >= 15 is 0 Å². The summed E-state index contributed by atoms with van der Waals surface area (Å²) in [6, 6.07) is -0.115. The second-order valence-electron chi connectivity index (χ2n) is 3.08. The Labute approximate surface area is 89.6 Å². The van der Waals surface area contributed by atoms with E-state index in [0.717, 1.165) is 4.47 Å². The summed E-state index contributed by atoms with van der Waals surface area (Å²) in [4.78, 5) is 8.08. The van der Waals surface area contributed by atoms with Crippen LogP contribution in [0.2, 0.25) is 0 Å². The molecule has 5 nitrogen and oxygen atoms in total. The molecule has 1 aromatic heterocycles. The van der Waals surface area contributed by atoms with Crippen molar-refractivity contribution in [3.8, 4) is 0 Å². The molecule has 0 unspecified atom stereocenters. The zero-order chi connectivity index (χ0) is 9.97. The van der Waals surface area contributed by atoms with Gasteiger partial charge in [-0.15, -0.1) is 0 Å². The molecule has 0 bridgehead atoms. The molecule has 6 heteroatoms. The first-order valence-electron chi connectivity index (χ1n) is 4.25. The van der Waals surface area contributed by atoms with E-state index in [1.54, 1.807) is 12.4 Å². The fraction of sp³-hybridized carbons (Fsp3) is 0.500. The normalized spacial score (nSPS) is 26.4. The van der Waals surface area contributed by atoms with Crippen molar-refractivity contribution in [2.24, 2.45) is 0 Å². The van der Waals surface area contributed by atoms with E-state index in [1.807, 2.05) is 0 Å². The number of ether oxygens (including phenoxy) is 1. The molecule has 0 radical (unpaired) electrons. The lowest BCUT2D eigenvalue weighted by molar-refractivity contribution is 0.125. The molecule has 14 heavy (non-hydrogen) atoms. The molecular weight excluding hydrogens is 250 g/mol. The highest BCUT2D eigenvalue weighted by molar-refractivity contribution is 9.10. The van der Waals surface area contributed by atoms with Crippen molar-refractivity contribution in [3.63, 3.8) is 0 Å². The number of hydrogen-bond acceptors (Lipinski definition) is 5. The SMILES string of the molecule is O[C@@H]1COC[C@H]1Nc1ncc(Br)cn1. The first-order chi connectivity index (χ1) is 6.75. The summed E-state index contributed by atoms with van der Waals surface area (Å²) in [5.41, 5.74) is 0. The van der Waals surface area contributed by atoms with Crippen LogP contribution in [-0.2, 0) is 4.74 Å². The number of aliphatic hydroxyl groups excluding tert-OH is 1. The smallest absolute Gasteiger partial charge is 0.223 e. The van der Waals surface area contributed by atoms with Crippen LogP contribution in [0.5, 0.6) is 0 Å². The Morgan fingerprint density at radius 2 is 2.14 bits per heavy atom. The van der Waals surface area contributed by atoms with E-state index < -0.39 is 6.10 Å². The molecular formula is C8H10BrN3O2. The Hall–Kier alpha value is -0.720. The second-order valence-corrected chi connectivity index (χ2v) is 4.00. The Bertz CT molecular complexity index is 306. The number of rotatable bonds is 2. The molecule has 0 saturated carbocycles. The van der Waals surface area contributed by atoms with Gasteiger partial charge in [-0.05, 0) is 15.9 Å². The van der Waals surface area contributed by atoms with Crippen molar-refractivity contribution >= 4 is 21.9 Å². The minimum Gasteiger partial charge on any atom is -0.388 e. The number of anilines is 1. The summed E-state index contributed by atoms with van der Waals surface area (Å²) in [6.07, 6.45) is 2.82. The van der Waals surface area contributed by atoms with Gasteiger partial charge in [0.15, 0.2) is 0 Å². The lowest BCUT2D eigenvalue weighted by atomic mass is 10.2. The third-order valence-electron chi connectivity index (χ3n) is 1.99. The fourth-order valence-corrected chi connectivity index (χ4v) is 1.44. The predicted molar refractivity (Wildman–Crippen MR) is 54.0 cm³/mol. The van der Waals surface area contributed by atoms with Crippen LogP contribution in [0.4, 0.5) is 5.95 Å². The molecule has 0 aliphatic carbocycles. The molecule has 2 atom stereocenters. The maximum absolute atomic E-state index is 9.45. The summed E-state index contributed by atoms with van der Waals surface area (Å²) in [5.74, 6) is 0.503. The number of halogens is 1. The van der Waals surface area contributed by atoms with Gasteiger partial charge in [0.2, 0.25) is 5.95 Å². The molecule has 0 amide bonds. The summed E-state index contributed by atoms with van der Waals surface area (Å²) >= 11 is 3.24. The quantitative estimate of drug-likeness (QED) is 0.806. The highest BCUT2D eigenvalue weighted by atomic mass is 79.9. The van der Waals surface area contributed by atoms with Crippen molar-refractivity contribution in [2.45, 2.75) is 12.1 Å². The highest BCUT2D eigenvalue weighted by Crippen LogP contribution is 2.12. The van der Waals surface area contributed by atoms with Gasteiger partial charge >= 0.3 is 0 Å². The minimum atomic E-state index is -0.484. The molecule has 2 heterocycles. The topological polar surface area (TPSA) is 67.3 Å². The Balaban J connectivity index is 2.00. The summed E-state index contributed by atoms with van der Waals surface area (Å²) in [6.45, 7) is 0.856. The van der Waals surface area contributed by atoms with Crippen molar-refractivity contribution in [1.82, 2.24) is 9.97 Å². The van der Waals surface area contributed by atoms with Crippen molar-refractivity contribution in [3.05, 3.63) is 16.9 Å². The van der Waals surface area contributed by atoms with Crippen LogP contribution in [0.3, 0.4) is 0 Å². The van der Waals surface area contributed by atoms with Gasteiger partial charge in [0.1, 0.15) is 0 Å². The van der Waals surface area contributed by atoms with Gasteiger partial charge in [0.25, 0.3) is 0 Å². The Kier molecular flexibility index (Phi) is 2.95. The Morgan fingerprint density at radius 1 is 1.43 bits per heavy atom. The summed E-state index contributed by atoms with van der Waals surface area (Å²) in [7, 11) is 0. The van der Waals surface area contributed by atoms with Crippen molar-refractivity contribution < 1.29 is 9.84 Å². The van der Waals surface area contributed by atoms with Crippen LogP contribution in [0.15, 0.2) is 16.9 Å². The molecule has 2 N–H and O–H groups in total. The van der Waals surface area contributed by atoms with Gasteiger partial charge < -0.3 is 15.2 Å². The lowest BCUT2D eigenvalue weighted by Gasteiger charge is -2.13. The summed E-state index contributed by atoms with van der Waals surface area (Å²) < 4.78 is 5.91. The molecule has 0 spiro atoms. The van der Waals surface area contributed by atoms with Crippen LogP contribution in [0.1, 0.15) is 0 Å². The molecule has 2 rings (SSSR count).